The first-order valence-corrected chi connectivity index (χ1v) is 10.8. The molecule has 4 heterocycles. The SMILES string of the molecule is Cc1nc(N)ccc1-c1n[nH]c2c1CN(C)C(N1CCC3(CC[C@H](C)C3)CC1)=N2. The monoisotopic (exact) mass is 393 g/mol. The van der Waals surface area contributed by atoms with Gasteiger partial charge >= 0.3 is 0 Å². The number of nitrogens with one attached hydrogen (secondary N) is 1. The summed E-state index contributed by atoms with van der Waals surface area (Å²) >= 11 is 0. The molecule has 1 saturated carbocycles. The van der Waals surface area contributed by atoms with Crippen molar-refractivity contribution in [3.63, 3.8) is 0 Å². The summed E-state index contributed by atoms with van der Waals surface area (Å²) in [5.74, 6) is 3.38. The van der Waals surface area contributed by atoms with Gasteiger partial charge < -0.3 is 15.5 Å². The van der Waals surface area contributed by atoms with Crippen LogP contribution in [0.4, 0.5) is 11.6 Å². The van der Waals surface area contributed by atoms with Crippen LogP contribution in [-0.2, 0) is 6.54 Å². The van der Waals surface area contributed by atoms with Gasteiger partial charge in [0.2, 0.25) is 5.96 Å². The molecule has 2 aromatic rings. The fraction of sp³-hybridized carbons (Fsp3) is 0.591. The molecule has 3 aliphatic rings. The van der Waals surface area contributed by atoms with Gasteiger partial charge in [-0.1, -0.05) is 13.3 Å². The second-order valence-electron chi connectivity index (χ2n) is 9.37. The van der Waals surface area contributed by atoms with Gasteiger partial charge in [-0.05, 0) is 56.1 Å². The van der Waals surface area contributed by atoms with Crippen LogP contribution in [-0.4, -0.2) is 51.1 Å². The summed E-state index contributed by atoms with van der Waals surface area (Å²) in [7, 11) is 2.13. The number of aliphatic imine (C=N–C) groups is 1. The Morgan fingerprint density at radius 3 is 2.69 bits per heavy atom. The summed E-state index contributed by atoms with van der Waals surface area (Å²) in [4.78, 5) is 14.1. The average molecular weight is 394 g/mol. The second kappa shape index (κ2) is 6.75. The van der Waals surface area contributed by atoms with Crippen molar-refractivity contribution in [2.24, 2.45) is 16.3 Å². The molecule has 5 rings (SSSR count). The number of aromatic nitrogens is 3. The Labute approximate surface area is 172 Å². The zero-order chi connectivity index (χ0) is 20.2. The Balaban J connectivity index is 1.39. The van der Waals surface area contributed by atoms with Crippen molar-refractivity contribution in [3.05, 3.63) is 23.4 Å². The van der Waals surface area contributed by atoms with Crippen molar-refractivity contribution in [2.45, 2.75) is 52.5 Å². The molecule has 1 saturated heterocycles. The molecule has 0 aromatic carbocycles. The van der Waals surface area contributed by atoms with Crippen LogP contribution in [0.25, 0.3) is 11.3 Å². The molecular formula is C22H31N7. The van der Waals surface area contributed by atoms with Crippen molar-refractivity contribution in [1.29, 1.82) is 0 Å². The number of aryl methyl sites for hydroxylation is 1. The van der Waals surface area contributed by atoms with Crippen LogP contribution in [0, 0.1) is 18.3 Å². The number of piperidine rings is 1. The van der Waals surface area contributed by atoms with Gasteiger partial charge in [0, 0.05) is 37.0 Å². The van der Waals surface area contributed by atoms with E-state index in [1.54, 1.807) is 0 Å². The van der Waals surface area contributed by atoms with Gasteiger partial charge in [-0.15, -0.1) is 0 Å². The number of hydrogen-bond acceptors (Lipinski definition) is 6. The summed E-state index contributed by atoms with van der Waals surface area (Å²) in [6.45, 7) is 7.39. The maximum Gasteiger partial charge on any atom is 0.203 e. The van der Waals surface area contributed by atoms with Crippen LogP contribution in [0.3, 0.4) is 0 Å². The minimum atomic E-state index is 0.535. The fourth-order valence-electron chi connectivity index (χ4n) is 5.59. The van der Waals surface area contributed by atoms with Gasteiger partial charge in [0.1, 0.15) is 11.5 Å². The highest BCUT2D eigenvalue weighted by atomic mass is 15.4. The Kier molecular flexibility index (Phi) is 4.29. The third-order valence-corrected chi connectivity index (χ3v) is 7.21. The molecule has 2 aliphatic heterocycles. The average Bonchev–Trinajstić information content (AvgIpc) is 3.25. The zero-order valence-electron chi connectivity index (χ0n) is 17.7. The minimum absolute atomic E-state index is 0.535. The van der Waals surface area contributed by atoms with Gasteiger partial charge in [-0.3, -0.25) is 5.10 Å². The third-order valence-electron chi connectivity index (χ3n) is 7.21. The van der Waals surface area contributed by atoms with E-state index in [0.29, 0.717) is 11.2 Å². The molecule has 2 aromatic heterocycles. The van der Waals surface area contributed by atoms with Gasteiger partial charge in [-0.25, -0.2) is 4.98 Å². The number of nitrogens with zero attached hydrogens (tertiary/aromatic N) is 5. The molecule has 2 fully saturated rings. The molecule has 7 heteroatoms. The number of aromatic amines is 1. The molecule has 0 bridgehead atoms. The van der Waals surface area contributed by atoms with E-state index in [9.17, 15) is 0 Å². The van der Waals surface area contributed by atoms with E-state index in [1.165, 1.54) is 32.1 Å². The highest BCUT2D eigenvalue weighted by molar-refractivity contribution is 5.86. The van der Waals surface area contributed by atoms with Crippen molar-refractivity contribution in [1.82, 2.24) is 25.0 Å². The zero-order valence-corrected chi connectivity index (χ0v) is 17.7. The van der Waals surface area contributed by atoms with E-state index in [0.717, 1.165) is 59.8 Å². The largest absolute Gasteiger partial charge is 0.384 e. The maximum atomic E-state index is 5.82. The van der Waals surface area contributed by atoms with E-state index in [-0.39, 0.29) is 0 Å². The quantitative estimate of drug-likeness (QED) is 0.771. The summed E-state index contributed by atoms with van der Waals surface area (Å²) < 4.78 is 0. The predicted octanol–water partition coefficient (Wildman–Crippen LogP) is 3.70. The van der Waals surface area contributed by atoms with Gasteiger partial charge in [0.25, 0.3) is 0 Å². The Morgan fingerprint density at radius 2 is 2.00 bits per heavy atom. The van der Waals surface area contributed by atoms with Crippen molar-refractivity contribution in [2.75, 3.05) is 25.9 Å². The first kappa shape index (κ1) is 18.5. The van der Waals surface area contributed by atoms with E-state index >= 15 is 0 Å². The first-order chi connectivity index (χ1) is 13.9. The number of fused-ring (bicyclic) bond motifs is 1. The Bertz CT molecular complexity index is 952. The molecule has 1 atom stereocenters. The lowest BCUT2D eigenvalue weighted by Gasteiger charge is -2.43. The molecule has 7 nitrogen and oxygen atoms in total. The van der Waals surface area contributed by atoms with Crippen LogP contribution in [0.1, 0.15) is 50.3 Å². The molecule has 0 radical (unpaired) electrons. The Hall–Kier alpha value is -2.57. The van der Waals surface area contributed by atoms with Crippen LogP contribution in [0.2, 0.25) is 0 Å². The summed E-state index contributed by atoms with van der Waals surface area (Å²) in [5.41, 5.74) is 10.4. The standard InChI is InChI=1S/C22H31N7/c1-14-6-7-22(12-14)8-10-29(11-9-22)21-25-20-17(13-28(21)3)19(26-27-20)16-4-5-18(23)24-15(16)2/h4-5,14H,6-13H2,1-3H3,(H2,23,24)(H,26,27)/t14-/m0/s1. The minimum Gasteiger partial charge on any atom is -0.384 e. The lowest BCUT2D eigenvalue weighted by molar-refractivity contribution is 0.140. The number of anilines is 1. The number of nitrogen functional groups attached to an aromatic ring is 1. The topological polar surface area (TPSA) is 86.4 Å². The molecule has 3 N–H and O–H groups in total. The maximum absolute atomic E-state index is 5.82. The predicted molar refractivity (Wildman–Crippen MR) is 116 cm³/mol. The number of guanidine groups is 1. The summed E-state index contributed by atoms with van der Waals surface area (Å²) in [6, 6.07) is 3.83. The normalized spacial score (nSPS) is 23.4. The lowest BCUT2D eigenvalue weighted by Crippen LogP contribution is -2.48. The Morgan fingerprint density at radius 1 is 1.21 bits per heavy atom. The summed E-state index contributed by atoms with van der Waals surface area (Å²) in [6.07, 6.45) is 6.81. The first-order valence-electron chi connectivity index (χ1n) is 10.8. The third kappa shape index (κ3) is 3.16. The van der Waals surface area contributed by atoms with Crippen LogP contribution in [0.15, 0.2) is 17.1 Å². The van der Waals surface area contributed by atoms with Gasteiger partial charge in [0.15, 0.2) is 5.82 Å². The lowest BCUT2D eigenvalue weighted by atomic mass is 9.76. The molecule has 154 valence electrons. The number of H-pyrrole nitrogens is 1. The van der Waals surface area contributed by atoms with Crippen LogP contribution in [0.5, 0.6) is 0 Å². The van der Waals surface area contributed by atoms with Crippen LogP contribution >= 0.6 is 0 Å². The molecule has 1 aliphatic carbocycles. The molecule has 0 amide bonds. The molecule has 1 spiro atoms. The van der Waals surface area contributed by atoms with Gasteiger partial charge in [0.05, 0.1) is 6.54 Å². The van der Waals surface area contributed by atoms with Crippen molar-refractivity contribution in [3.8, 4) is 11.3 Å². The van der Waals surface area contributed by atoms with Gasteiger partial charge in [-0.2, -0.15) is 10.1 Å². The van der Waals surface area contributed by atoms with Crippen molar-refractivity contribution >= 4 is 17.6 Å². The summed E-state index contributed by atoms with van der Waals surface area (Å²) in [5, 5.41) is 7.74. The number of likely N-dealkylation sites (tertiary alicyclic amines) is 1. The molecular weight excluding hydrogens is 362 g/mol. The number of nitrogens with two attached hydrogens (primary N) is 1. The highest BCUT2D eigenvalue weighted by Gasteiger charge is 2.41. The second-order valence-corrected chi connectivity index (χ2v) is 9.37. The smallest absolute Gasteiger partial charge is 0.203 e. The fourth-order valence-corrected chi connectivity index (χ4v) is 5.59. The van der Waals surface area contributed by atoms with Crippen molar-refractivity contribution < 1.29 is 0 Å². The number of pyridine rings is 1. The van der Waals surface area contributed by atoms with Crippen LogP contribution < -0.4 is 5.73 Å². The van der Waals surface area contributed by atoms with E-state index in [4.69, 9.17) is 10.7 Å². The highest BCUT2D eigenvalue weighted by Crippen LogP contribution is 2.49. The number of rotatable bonds is 1. The van der Waals surface area contributed by atoms with E-state index in [1.807, 2.05) is 19.1 Å². The number of hydrogen-bond donors (Lipinski definition) is 2. The molecule has 0 unspecified atom stereocenters. The van der Waals surface area contributed by atoms with E-state index < -0.39 is 0 Å². The molecule has 29 heavy (non-hydrogen) atoms. The van der Waals surface area contributed by atoms with E-state index in [2.05, 4.69) is 39.0 Å².